The molecule has 3 heteroatoms. The van der Waals surface area contributed by atoms with Crippen molar-refractivity contribution in [2.45, 2.75) is 25.6 Å². The maximum Gasteiger partial charge on any atom is 0.411 e. The predicted octanol–water partition coefficient (Wildman–Crippen LogP) is 4.32. The molecule has 1 heterocycles. The van der Waals surface area contributed by atoms with Crippen molar-refractivity contribution in [3.05, 3.63) is 83.9 Å². The minimum Gasteiger partial charge on any atom is -0.439 e. The maximum atomic E-state index is 12.3. The maximum absolute atomic E-state index is 12.3. The zero-order valence-corrected chi connectivity index (χ0v) is 12.6. The quantitative estimate of drug-likeness (QED) is 0.785. The number of benzene rings is 2. The molecule has 22 heavy (non-hydrogen) atoms. The zero-order valence-electron chi connectivity index (χ0n) is 12.6. The smallest absolute Gasteiger partial charge is 0.411 e. The first-order valence-electron chi connectivity index (χ1n) is 7.48. The topological polar surface area (TPSA) is 29.5 Å². The molecule has 1 aliphatic heterocycles. The molecule has 0 spiro atoms. The second-order valence-electron chi connectivity index (χ2n) is 5.34. The van der Waals surface area contributed by atoms with Gasteiger partial charge in [-0.25, -0.2) is 4.79 Å². The average molecular weight is 293 g/mol. The minimum atomic E-state index is -0.263. The van der Waals surface area contributed by atoms with Crippen LogP contribution in [-0.2, 0) is 11.3 Å². The number of rotatable bonds is 4. The highest BCUT2D eigenvalue weighted by Crippen LogP contribution is 2.35. The van der Waals surface area contributed by atoms with Gasteiger partial charge in [0.05, 0.1) is 0 Å². The lowest BCUT2D eigenvalue weighted by molar-refractivity contribution is 0.144. The van der Waals surface area contributed by atoms with Crippen LogP contribution in [0.4, 0.5) is 4.79 Å². The normalized spacial score (nSPS) is 21.3. The third kappa shape index (κ3) is 2.89. The highest BCUT2D eigenvalue weighted by atomic mass is 16.6. The van der Waals surface area contributed by atoms with Crippen LogP contribution in [0, 0.1) is 0 Å². The van der Waals surface area contributed by atoms with Crippen LogP contribution in [0.3, 0.4) is 0 Å². The molecule has 1 amide bonds. The van der Waals surface area contributed by atoms with Gasteiger partial charge < -0.3 is 4.74 Å². The summed E-state index contributed by atoms with van der Waals surface area (Å²) in [5.74, 6) is 0. The van der Waals surface area contributed by atoms with Crippen molar-refractivity contribution in [1.29, 1.82) is 0 Å². The Labute approximate surface area is 130 Å². The highest BCUT2D eigenvalue weighted by molar-refractivity contribution is 5.71. The Bertz CT molecular complexity index is 652. The molecule has 0 aromatic heterocycles. The van der Waals surface area contributed by atoms with Gasteiger partial charge in [0, 0.05) is 6.54 Å². The predicted molar refractivity (Wildman–Crippen MR) is 86.3 cm³/mol. The summed E-state index contributed by atoms with van der Waals surface area (Å²) in [6.07, 6.45) is 3.37. The van der Waals surface area contributed by atoms with Crippen LogP contribution in [0.5, 0.6) is 0 Å². The molecule has 1 fully saturated rings. The van der Waals surface area contributed by atoms with E-state index in [1.165, 1.54) is 0 Å². The van der Waals surface area contributed by atoms with Gasteiger partial charge in [-0.05, 0) is 24.1 Å². The first kappa shape index (κ1) is 14.4. The lowest BCUT2D eigenvalue weighted by Crippen LogP contribution is -2.28. The van der Waals surface area contributed by atoms with Crippen molar-refractivity contribution in [3.8, 4) is 0 Å². The van der Waals surface area contributed by atoms with E-state index in [1.54, 1.807) is 4.90 Å². The molecule has 112 valence electrons. The van der Waals surface area contributed by atoms with Crippen LogP contribution in [0.2, 0.25) is 0 Å². The number of carbonyl (C=O) groups is 1. The van der Waals surface area contributed by atoms with Crippen molar-refractivity contribution in [2.24, 2.45) is 0 Å². The minimum absolute atomic E-state index is 0.0925. The molecule has 0 radical (unpaired) electrons. The molecule has 0 unspecified atom stereocenters. The van der Waals surface area contributed by atoms with Gasteiger partial charge in [-0.2, -0.15) is 0 Å². The summed E-state index contributed by atoms with van der Waals surface area (Å²) in [5.41, 5.74) is 2.19. The standard InChI is InChI=1S/C19H19NO2/c1-2-9-17-18(16-12-7-4-8-13-16)20(19(21)22-17)14-15-10-5-3-6-11-15/h2-13,17-18H,14H2,1H3/b9-2+/t17-,18+/m1/s1. The fourth-order valence-electron chi connectivity index (χ4n) is 2.84. The van der Waals surface area contributed by atoms with Gasteiger partial charge >= 0.3 is 6.09 Å². The number of hydrogen-bond acceptors (Lipinski definition) is 2. The number of ether oxygens (including phenoxy) is 1. The highest BCUT2D eigenvalue weighted by Gasteiger charge is 2.41. The number of amides is 1. The summed E-state index contributed by atoms with van der Waals surface area (Å²) in [6, 6.07) is 20.0. The van der Waals surface area contributed by atoms with Crippen molar-refractivity contribution in [3.63, 3.8) is 0 Å². The summed E-state index contributed by atoms with van der Waals surface area (Å²) < 4.78 is 5.55. The first-order chi connectivity index (χ1) is 10.8. The summed E-state index contributed by atoms with van der Waals surface area (Å²) in [5, 5.41) is 0. The second kappa shape index (κ2) is 6.48. The SMILES string of the molecule is C/C=C/[C@H]1OC(=O)N(Cc2ccccc2)[C@H]1c1ccccc1. The summed E-state index contributed by atoms with van der Waals surface area (Å²) in [6.45, 7) is 2.49. The summed E-state index contributed by atoms with van der Waals surface area (Å²) >= 11 is 0. The molecular weight excluding hydrogens is 274 g/mol. The Morgan fingerprint density at radius 1 is 1.05 bits per heavy atom. The molecule has 2 atom stereocenters. The lowest BCUT2D eigenvalue weighted by atomic mass is 10.00. The number of cyclic esters (lactones) is 1. The Morgan fingerprint density at radius 3 is 2.32 bits per heavy atom. The van der Waals surface area contributed by atoms with E-state index >= 15 is 0 Å². The molecule has 0 bridgehead atoms. The van der Waals surface area contributed by atoms with E-state index < -0.39 is 0 Å². The molecule has 0 N–H and O–H groups in total. The van der Waals surface area contributed by atoms with Crippen LogP contribution in [0.15, 0.2) is 72.8 Å². The number of nitrogens with zero attached hydrogens (tertiary/aromatic N) is 1. The molecule has 1 aliphatic rings. The van der Waals surface area contributed by atoms with Crippen LogP contribution in [0.1, 0.15) is 24.1 Å². The van der Waals surface area contributed by atoms with E-state index in [0.29, 0.717) is 6.54 Å². The van der Waals surface area contributed by atoms with Crippen molar-refractivity contribution < 1.29 is 9.53 Å². The molecule has 3 rings (SSSR count). The zero-order chi connectivity index (χ0) is 15.4. The van der Waals surface area contributed by atoms with Crippen molar-refractivity contribution >= 4 is 6.09 Å². The van der Waals surface area contributed by atoms with E-state index in [9.17, 15) is 4.79 Å². The number of carbonyl (C=O) groups excluding carboxylic acids is 1. The summed E-state index contributed by atoms with van der Waals surface area (Å²) in [4.78, 5) is 14.1. The Balaban J connectivity index is 1.93. The van der Waals surface area contributed by atoms with Gasteiger partial charge in [0.2, 0.25) is 0 Å². The molecule has 3 nitrogen and oxygen atoms in total. The van der Waals surface area contributed by atoms with Crippen LogP contribution in [0.25, 0.3) is 0 Å². The van der Waals surface area contributed by atoms with Gasteiger partial charge in [0.15, 0.2) is 0 Å². The third-order valence-electron chi connectivity index (χ3n) is 3.84. The van der Waals surface area contributed by atoms with Crippen LogP contribution in [-0.4, -0.2) is 17.1 Å². The Hall–Kier alpha value is -2.55. The number of hydrogen-bond donors (Lipinski definition) is 0. The van der Waals surface area contributed by atoms with E-state index in [4.69, 9.17) is 4.74 Å². The second-order valence-corrected chi connectivity index (χ2v) is 5.34. The lowest BCUT2D eigenvalue weighted by Gasteiger charge is -2.24. The van der Waals surface area contributed by atoms with Gasteiger partial charge in [-0.15, -0.1) is 0 Å². The van der Waals surface area contributed by atoms with Crippen LogP contribution < -0.4 is 0 Å². The summed E-state index contributed by atoms with van der Waals surface area (Å²) in [7, 11) is 0. The Kier molecular flexibility index (Phi) is 4.24. The Morgan fingerprint density at radius 2 is 1.68 bits per heavy atom. The molecular formula is C19H19NO2. The average Bonchev–Trinajstić information content (AvgIpc) is 2.85. The number of allylic oxidation sites excluding steroid dienone is 1. The molecule has 2 aromatic carbocycles. The van der Waals surface area contributed by atoms with E-state index in [2.05, 4.69) is 0 Å². The third-order valence-corrected chi connectivity index (χ3v) is 3.84. The van der Waals surface area contributed by atoms with Crippen molar-refractivity contribution in [2.75, 3.05) is 0 Å². The van der Waals surface area contributed by atoms with Gasteiger partial charge in [0.1, 0.15) is 12.1 Å². The fourth-order valence-corrected chi connectivity index (χ4v) is 2.84. The van der Waals surface area contributed by atoms with Crippen LogP contribution >= 0.6 is 0 Å². The molecule has 0 aliphatic carbocycles. The fraction of sp³-hybridized carbons (Fsp3) is 0.211. The van der Waals surface area contributed by atoms with E-state index in [-0.39, 0.29) is 18.2 Å². The molecule has 1 saturated heterocycles. The molecule has 0 saturated carbocycles. The van der Waals surface area contributed by atoms with Crippen molar-refractivity contribution in [1.82, 2.24) is 4.90 Å². The molecule has 2 aromatic rings. The van der Waals surface area contributed by atoms with Gasteiger partial charge in [-0.1, -0.05) is 66.7 Å². The van der Waals surface area contributed by atoms with Gasteiger partial charge in [-0.3, -0.25) is 4.90 Å². The monoisotopic (exact) mass is 293 g/mol. The van der Waals surface area contributed by atoms with Gasteiger partial charge in [0.25, 0.3) is 0 Å². The van der Waals surface area contributed by atoms with E-state index in [1.807, 2.05) is 79.7 Å². The first-order valence-corrected chi connectivity index (χ1v) is 7.48. The van der Waals surface area contributed by atoms with E-state index in [0.717, 1.165) is 11.1 Å². The largest absolute Gasteiger partial charge is 0.439 e.